The van der Waals surface area contributed by atoms with Crippen LogP contribution in [0.3, 0.4) is 0 Å². The van der Waals surface area contributed by atoms with E-state index < -0.39 is 110 Å². The maximum Gasteiger partial charge on any atom is 0.337 e. The number of aliphatic hydroxyl groups is 7. The van der Waals surface area contributed by atoms with E-state index in [0.717, 1.165) is 6.26 Å². The zero-order chi connectivity index (χ0) is 30.2. The lowest BCUT2D eigenvalue weighted by atomic mass is 9.81. The molecule has 3 fully saturated rings. The minimum Gasteiger partial charge on any atom is -0.471 e. The van der Waals surface area contributed by atoms with Crippen molar-refractivity contribution >= 4 is 11.9 Å². The van der Waals surface area contributed by atoms with Crippen LogP contribution < -0.4 is 0 Å². The summed E-state index contributed by atoms with van der Waals surface area (Å²) in [6, 6.07) is 0. The van der Waals surface area contributed by atoms with E-state index in [4.69, 9.17) is 33.2 Å². The molecule has 16 heteroatoms. The Morgan fingerprint density at radius 3 is 2.10 bits per heavy atom. The third kappa shape index (κ3) is 6.09. The maximum atomic E-state index is 12.5. The van der Waals surface area contributed by atoms with E-state index in [1.165, 1.54) is 14.0 Å². The lowest BCUT2D eigenvalue weighted by Gasteiger charge is -2.47. The molecule has 0 amide bonds. The van der Waals surface area contributed by atoms with Crippen LogP contribution in [0.25, 0.3) is 0 Å². The van der Waals surface area contributed by atoms with Crippen LogP contribution in [0.4, 0.5) is 0 Å². The highest BCUT2D eigenvalue weighted by Gasteiger charge is 2.59. The summed E-state index contributed by atoms with van der Waals surface area (Å²) in [4.78, 5) is 24.4. The molecule has 41 heavy (non-hydrogen) atoms. The number of rotatable bonds is 8. The molecule has 3 heterocycles. The summed E-state index contributed by atoms with van der Waals surface area (Å²) in [6.07, 6.45) is -15.9. The zero-order valence-electron chi connectivity index (χ0n) is 22.7. The number of carbonyl (C=O) groups excluding carboxylic acids is 2. The van der Waals surface area contributed by atoms with Gasteiger partial charge in [0.2, 0.25) is 6.29 Å². The summed E-state index contributed by atoms with van der Waals surface area (Å²) in [7, 11) is 1.21. The predicted octanol–water partition coefficient (Wildman–Crippen LogP) is -3.61. The quantitative estimate of drug-likeness (QED) is 0.134. The molecule has 14 atom stereocenters. The van der Waals surface area contributed by atoms with Crippen molar-refractivity contribution in [3.8, 4) is 0 Å². The number of hydrogen-bond donors (Lipinski definition) is 7. The lowest BCUT2D eigenvalue weighted by Crippen LogP contribution is -2.65. The van der Waals surface area contributed by atoms with E-state index >= 15 is 0 Å². The molecule has 3 aliphatic heterocycles. The standard InChI is InChI=1S/C25H38O16/c1-9(28)41-25(2)5-4-10-11(21(34)35-3)8-36-22(14(10)25)40-24-20(18(32)16(30)13(7-27)38-24)39-23-19(33)17(31)15(29)12(6-26)37-23/h8,10,12-20,22-24,26-27,29-33H,4-7H2,1-3H3/t10-,12-,13-,14-,15-,16-,17+,18+,19-,20-,22+,23+,24+,25+/m1/s1. The van der Waals surface area contributed by atoms with Gasteiger partial charge >= 0.3 is 11.9 Å². The van der Waals surface area contributed by atoms with Crippen molar-refractivity contribution in [1.29, 1.82) is 0 Å². The van der Waals surface area contributed by atoms with Crippen LogP contribution in [0.5, 0.6) is 0 Å². The lowest BCUT2D eigenvalue weighted by molar-refractivity contribution is -0.386. The summed E-state index contributed by atoms with van der Waals surface area (Å²) < 4.78 is 39.1. The van der Waals surface area contributed by atoms with E-state index in [1.54, 1.807) is 6.92 Å². The smallest absolute Gasteiger partial charge is 0.337 e. The minimum absolute atomic E-state index is 0.190. The summed E-state index contributed by atoms with van der Waals surface area (Å²) in [5.74, 6) is -2.57. The van der Waals surface area contributed by atoms with Gasteiger partial charge < -0.3 is 68.9 Å². The molecule has 1 saturated carbocycles. The van der Waals surface area contributed by atoms with Gasteiger partial charge in [-0.3, -0.25) is 4.79 Å². The van der Waals surface area contributed by atoms with Crippen LogP contribution in [0.2, 0.25) is 0 Å². The molecule has 0 unspecified atom stereocenters. The number of fused-ring (bicyclic) bond motifs is 1. The molecule has 234 valence electrons. The molecule has 4 aliphatic rings. The Balaban J connectivity index is 1.64. The minimum atomic E-state index is -1.85. The molecule has 16 nitrogen and oxygen atoms in total. The maximum absolute atomic E-state index is 12.5. The third-order valence-electron chi connectivity index (χ3n) is 8.14. The van der Waals surface area contributed by atoms with Crippen LogP contribution in [0.15, 0.2) is 11.8 Å². The fourth-order valence-corrected chi connectivity index (χ4v) is 6.01. The average molecular weight is 595 g/mol. The molecule has 2 saturated heterocycles. The first-order chi connectivity index (χ1) is 19.4. The van der Waals surface area contributed by atoms with E-state index in [-0.39, 0.29) is 5.57 Å². The predicted molar refractivity (Wildman–Crippen MR) is 129 cm³/mol. The van der Waals surface area contributed by atoms with E-state index in [2.05, 4.69) is 0 Å². The van der Waals surface area contributed by atoms with Crippen molar-refractivity contribution in [1.82, 2.24) is 0 Å². The van der Waals surface area contributed by atoms with Crippen LogP contribution in [-0.2, 0) is 42.7 Å². The third-order valence-corrected chi connectivity index (χ3v) is 8.14. The molecule has 0 aromatic carbocycles. The highest BCUT2D eigenvalue weighted by Crippen LogP contribution is 2.51. The molecule has 0 bridgehead atoms. The normalized spacial score (nSPS) is 46.2. The van der Waals surface area contributed by atoms with Gasteiger partial charge in [-0.2, -0.15) is 0 Å². The summed E-state index contributed by atoms with van der Waals surface area (Å²) in [5, 5.41) is 71.4. The van der Waals surface area contributed by atoms with Crippen LogP contribution in [0.1, 0.15) is 26.7 Å². The summed E-state index contributed by atoms with van der Waals surface area (Å²) in [6.45, 7) is 1.40. The Hall–Kier alpha value is -1.96. The molecule has 0 aromatic rings. The van der Waals surface area contributed by atoms with E-state index in [9.17, 15) is 45.3 Å². The van der Waals surface area contributed by atoms with Gasteiger partial charge in [0.05, 0.1) is 38.1 Å². The zero-order valence-corrected chi connectivity index (χ0v) is 22.7. The second kappa shape index (κ2) is 12.7. The number of aliphatic hydroxyl groups excluding tert-OH is 7. The van der Waals surface area contributed by atoms with Crippen molar-refractivity contribution in [3.63, 3.8) is 0 Å². The first kappa shape index (κ1) is 32.0. The van der Waals surface area contributed by atoms with Crippen molar-refractivity contribution < 1.29 is 78.5 Å². The second-order valence-electron chi connectivity index (χ2n) is 10.8. The molecular formula is C25H38O16. The van der Waals surface area contributed by atoms with Gasteiger partial charge in [0.1, 0.15) is 54.4 Å². The molecule has 0 radical (unpaired) electrons. The topological polar surface area (TPSA) is 240 Å². The van der Waals surface area contributed by atoms with Gasteiger partial charge in [-0.05, 0) is 19.8 Å². The molecule has 7 N–H and O–H groups in total. The van der Waals surface area contributed by atoms with Crippen molar-refractivity contribution in [3.05, 3.63) is 11.8 Å². The molecule has 1 aliphatic carbocycles. The first-order valence-corrected chi connectivity index (χ1v) is 13.2. The average Bonchev–Trinajstić information content (AvgIpc) is 3.28. The van der Waals surface area contributed by atoms with Crippen molar-refractivity contribution in [2.75, 3.05) is 20.3 Å². The Morgan fingerprint density at radius 2 is 1.51 bits per heavy atom. The van der Waals surface area contributed by atoms with Gasteiger partial charge in [-0.15, -0.1) is 0 Å². The van der Waals surface area contributed by atoms with E-state index in [0.29, 0.717) is 12.8 Å². The first-order valence-electron chi connectivity index (χ1n) is 13.2. The van der Waals surface area contributed by atoms with Gasteiger partial charge in [-0.1, -0.05) is 0 Å². The summed E-state index contributed by atoms with van der Waals surface area (Å²) in [5.41, 5.74) is -0.985. The number of ether oxygens (including phenoxy) is 7. The van der Waals surface area contributed by atoms with Gasteiger partial charge in [-0.25, -0.2) is 4.79 Å². The number of methoxy groups -OCH3 is 1. The molecular weight excluding hydrogens is 556 g/mol. The number of esters is 2. The number of hydrogen-bond acceptors (Lipinski definition) is 16. The Morgan fingerprint density at radius 1 is 0.902 bits per heavy atom. The fourth-order valence-electron chi connectivity index (χ4n) is 6.01. The van der Waals surface area contributed by atoms with Crippen LogP contribution in [0, 0.1) is 11.8 Å². The fraction of sp³-hybridized carbons (Fsp3) is 0.840. The molecule has 0 spiro atoms. The summed E-state index contributed by atoms with van der Waals surface area (Å²) >= 11 is 0. The van der Waals surface area contributed by atoms with Crippen LogP contribution in [-0.4, -0.2) is 141 Å². The second-order valence-corrected chi connectivity index (χ2v) is 10.8. The van der Waals surface area contributed by atoms with Crippen molar-refractivity contribution in [2.45, 2.75) is 100.0 Å². The Kier molecular flexibility index (Phi) is 9.92. The highest BCUT2D eigenvalue weighted by atomic mass is 16.8. The monoisotopic (exact) mass is 594 g/mol. The SMILES string of the molecule is COC(=O)C1=CO[C@@H](O[C@@H]2O[C@H](CO)[C@@H](O)[C@H](O)[C@H]2O[C@@H]2O[C@H](CO)[C@@H](O)[C@H](O)[C@H]2O)[C@H]2[C@@H]1CC[C@]2(C)OC(C)=O. The van der Waals surface area contributed by atoms with E-state index in [1.807, 2.05) is 0 Å². The highest BCUT2D eigenvalue weighted by molar-refractivity contribution is 5.89. The van der Waals surface area contributed by atoms with Crippen LogP contribution >= 0.6 is 0 Å². The van der Waals surface area contributed by atoms with Gasteiger partial charge in [0.15, 0.2) is 12.6 Å². The Labute approximate surface area is 234 Å². The Bertz CT molecular complexity index is 973. The van der Waals surface area contributed by atoms with Crippen molar-refractivity contribution in [2.24, 2.45) is 11.8 Å². The largest absolute Gasteiger partial charge is 0.471 e. The van der Waals surface area contributed by atoms with Gasteiger partial charge in [0.25, 0.3) is 0 Å². The number of carbonyl (C=O) groups is 2. The molecule has 0 aromatic heterocycles. The molecule has 4 rings (SSSR count). The van der Waals surface area contributed by atoms with Gasteiger partial charge in [0, 0.05) is 12.8 Å².